The zero-order chi connectivity index (χ0) is 14.7. The summed E-state index contributed by atoms with van der Waals surface area (Å²) in [5.74, 6) is 0.881. The number of aliphatic hydroxyl groups excluding tert-OH is 1. The molecule has 2 heterocycles. The third-order valence-electron chi connectivity index (χ3n) is 3.33. The van der Waals surface area contributed by atoms with Gasteiger partial charge in [0.25, 0.3) is 0 Å². The van der Waals surface area contributed by atoms with Gasteiger partial charge in [0.2, 0.25) is 0 Å². The summed E-state index contributed by atoms with van der Waals surface area (Å²) in [5, 5.41) is 9.17. The lowest BCUT2D eigenvalue weighted by molar-refractivity contribution is 0.282. The Balaban J connectivity index is 1.89. The largest absolute Gasteiger partial charge is 0.494 e. The lowest BCUT2D eigenvalue weighted by atomic mass is 10.2. The second kappa shape index (κ2) is 5.97. The standard InChI is InChI=1S/C17H18N2O2/c1-2-9-21-15-5-3-14(4-6-15)16-11-19-8-7-13(12-20)10-17(19)18-16/h3-8,10-11,20H,2,9,12H2,1H3. The van der Waals surface area contributed by atoms with Crippen LogP contribution in [0.5, 0.6) is 5.75 Å². The first kappa shape index (κ1) is 13.6. The number of aromatic nitrogens is 2. The van der Waals surface area contributed by atoms with Gasteiger partial charge in [-0.25, -0.2) is 4.98 Å². The molecule has 4 nitrogen and oxygen atoms in total. The van der Waals surface area contributed by atoms with Crippen molar-refractivity contribution in [2.24, 2.45) is 0 Å². The maximum atomic E-state index is 9.17. The Labute approximate surface area is 123 Å². The molecule has 0 bridgehead atoms. The highest BCUT2D eigenvalue weighted by molar-refractivity contribution is 5.63. The molecule has 4 heteroatoms. The number of nitrogens with zero attached hydrogens (tertiary/aromatic N) is 2. The number of imidazole rings is 1. The molecule has 2 aromatic heterocycles. The minimum absolute atomic E-state index is 0.0299. The van der Waals surface area contributed by atoms with Crippen LogP contribution >= 0.6 is 0 Å². The van der Waals surface area contributed by atoms with Gasteiger partial charge in [0, 0.05) is 18.0 Å². The van der Waals surface area contributed by atoms with E-state index in [4.69, 9.17) is 4.74 Å². The molecule has 0 radical (unpaired) electrons. The van der Waals surface area contributed by atoms with Crippen molar-refractivity contribution in [1.29, 1.82) is 0 Å². The molecule has 3 aromatic rings. The lowest BCUT2D eigenvalue weighted by Gasteiger charge is -2.04. The fraction of sp³-hybridized carbons (Fsp3) is 0.235. The fourth-order valence-corrected chi connectivity index (χ4v) is 2.20. The fourth-order valence-electron chi connectivity index (χ4n) is 2.20. The summed E-state index contributed by atoms with van der Waals surface area (Å²) in [6.07, 6.45) is 4.90. The molecule has 0 saturated heterocycles. The molecule has 1 aromatic carbocycles. The third kappa shape index (κ3) is 2.90. The van der Waals surface area contributed by atoms with Crippen LogP contribution in [0.3, 0.4) is 0 Å². The van der Waals surface area contributed by atoms with Crippen molar-refractivity contribution in [3.8, 4) is 17.0 Å². The molecule has 0 aliphatic carbocycles. The molecule has 0 amide bonds. The minimum atomic E-state index is 0.0299. The molecule has 1 N–H and O–H groups in total. The number of aliphatic hydroxyl groups is 1. The molecule has 0 aliphatic heterocycles. The van der Waals surface area contributed by atoms with Crippen LogP contribution in [0.1, 0.15) is 18.9 Å². The Morgan fingerprint density at radius 2 is 2.00 bits per heavy atom. The molecular formula is C17H18N2O2. The van der Waals surface area contributed by atoms with E-state index in [0.29, 0.717) is 0 Å². The SMILES string of the molecule is CCCOc1ccc(-c2cn3ccc(CO)cc3n2)cc1. The van der Waals surface area contributed by atoms with Crippen LogP contribution < -0.4 is 4.74 Å². The van der Waals surface area contributed by atoms with Crippen LogP contribution in [-0.2, 0) is 6.61 Å². The summed E-state index contributed by atoms with van der Waals surface area (Å²) in [7, 11) is 0. The lowest BCUT2D eigenvalue weighted by Crippen LogP contribution is -1.94. The van der Waals surface area contributed by atoms with Crippen molar-refractivity contribution in [1.82, 2.24) is 9.38 Å². The van der Waals surface area contributed by atoms with Gasteiger partial charge in [-0.15, -0.1) is 0 Å². The molecule has 0 fully saturated rings. The van der Waals surface area contributed by atoms with Crippen molar-refractivity contribution >= 4 is 5.65 Å². The first-order valence-corrected chi connectivity index (χ1v) is 7.12. The van der Waals surface area contributed by atoms with Crippen LogP contribution in [0, 0.1) is 0 Å². The Morgan fingerprint density at radius 3 is 2.71 bits per heavy atom. The number of fused-ring (bicyclic) bond motifs is 1. The average molecular weight is 282 g/mol. The summed E-state index contributed by atoms with van der Waals surface area (Å²) in [6, 6.07) is 11.7. The predicted octanol–water partition coefficient (Wildman–Crippen LogP) is 3.28. The van der Waals surface area contributed by atoms with E-state index in [1.54, 1.807) is 0 Å². The molecule has 108 valence electrons. The smallest absolute Gasteiger partial charge is 0.137 e. The van der Waals surface area contributed by atoms with Crippen molar-refractivity contribution in [2.45, 2.75) is 20.0 Å². The maximum Gasteiger partial charge on any atom is 0.137 e. The summed E-state index contributed by atoms with van der Waals surface area (Å²) >= 11 is 0. The highest BCUT2D eigenvalue weighted by Gasteiger charge is 2.05. The predicted molar refractivity (Wildman–Crippen MR) is 82.3 cm³/mol. The van der Waals surface area contributed by atoms with Crippen molar-refractivity contribution in [3.63, 3.8) is 0 Å². The summed E-state index contributed by atoms with van der Waals surface area (Å²) in [6.45, 7) is 2.85. The zero-order valence-corrected chi connectivity index (χ0v) is 12.0. The van der Waals surface area contributed by atoms with Gasteiger partial charge in [-0.3, -0.25) is 0 Å². The van der Waals surface area contributed by atoms with E-state index in [0.717, 1.165) is 41.2 Å². The normalized spacial score (nSPS) is 11.0. The highest BCUT2D eigenvalue weighted by Crippen LogP contribution is 2.22. The highest BCUT2D eigenvalue weighted by atomic mass is 16.5. The minimum Gasteiger partial charge on any atom is -0.494 e. The topological polar surface area (TPSA) is 46.8 Å². The van der Waals surface area contributed by atoms with E-state index < -0.39 is 0 Å². The van der Waals surface area contributed by atoms with E-state index in [2.05, 4.69) is 11.9 Å². The number of rotatable bonds is 5. The maximum absolute atomic E-state index is 9.17. The van der Waals surface area contributed by atoms with Gasteiger partial charge in [0.05, 0.1) is 18.9 Å². The van der Waals surface area contributed by atoms with E-state index in [-0.39, 0.29) is 6.61 Å². The Bertz CT molecular complexity index is 732. The molecule has 0 saturated carbocycles. The van der Waals surface area contributed by atoms with Crippen LogP contribution in [0.4, 0.5) is 0 Å². The van der Waals surface area contributed by atoms with E-state index in [9.17, 15) is 5.11 Å². The molecule has 0 spiro atoms. The average Bonchev–Trinajstić information content (AvgIpc) is 2.96. The van der Waals surface area contributed by atoms with E-state index >= 15 is 0 Å². The number of ether oxygens (including phenoxy) is 1. The summed E-state index contributed by atoms with van der Waals surface area (Å²) < 4.78 is 7.54. The Hall–Kier alpha value is -2.33. The van der Waals surface area contributed by atoms with Crippen molar-refractivity contribution < 1.29 is 9.84 Å². The number of pyridine rings is 1. The quantitative estimate of drug-likeness (QED) is 0.781. The van der Waals surface area contributed by atoms with Gasteiger partial charge in [-0.1, -0.05) is 6.92 Å². The number of benzene rings is 1. The van der Waals surface area contributed by atoms with Crippen molar-refractivity contribution in [3.05, 3.63) is 54.4 Å². The van der Waals surface area contributed by atoms with Crippen LogP contribution in [0.25, 0.3) is 16.9 Å². The molecule has 3 rings (SSSR count). The van der Waals surface area contributed by atoms with Crippen LogP contribution in [0.15, 0.2) is 48.8 Å². The monoisotopic (exact) mass is 282 g/mol. The van der Waals surface area contributed by atoms with Crippen LogP contribution in [-0.4, -0.2) is 21.1 Å². The van der Waals surface area contributed by atoms with Gasteiger partial charge in [-0.05, 0) is 48.4 Å². The van der Waals surface area contributed by atoms with Gasteiger partial charge >= 0.3 is 0 Å². The first-order chi connectivity index (χ1) is 10.3. The zero-order valence-electron chi connectivity index (χ0n) is 12.0. The second-order valence-electron chi connectivity index (χ2n) is 4.96. The molecular weight excluding hydrogens is 264 g/mol. The van der Waals surface area contributed by atoms with Crippen molar-refractivity contribution in [2.75, 3.05) is 6.61 Å². The number of hydrogen-bond acceptors (Lipinski definition) is 3. The van der Waals surface area contributed by atoms with Crippen LogP contribution in [0.2, 0.25) is 0 Å². The molecule has 0 atom stereocenters. The summed E-state index contributed by atoms with van der Waals surface area (Å²) in [5.41, 5.74) is 3.66. The Morgan fingerprint density at radius 1 is 1.19 bits per heavy atom. The van der Waals surface area contributed by atoms with Gasteiger partial charge < -0.3 is 14.2 Å². The van der Waals surface area contributed by atoms with Gasteiger partial charge in [-0.2, -0.15) is 0 Å². The van der Waals surface area contributed by atoms with Gasteiger partial charge in [0.1, 0.15) is 11.4 Å². The molecule has 21 heavy (non-hydrogen) atoms. The number of hydrogen-bond donors (Lipinski definition) is 1. The van der Waals surface area contributed by atoms with Gasteiger partial charge in [0.15, 0.2) is 0 Å². The first-order valence-electron chi connectivity index (χ1n) is 7.12. The van der Waals surface area contributed by atoms with E-state index in [1.807, 2.05) is 53.2 Å². The molecule has 0 unspecified atom stereocenters. The molecule has 0 aliphatic rings. The summed E-state index contributed by atoms with van der Waals surface area (Å²) in [4.78, 5) is 4.59. The Kier molecular flexibility index (Phi) is 3.88. The van der Waals surface area contributed by atoms with E-state index in [1.165, 1.54) is 0 Å². The third-order valence-corrected chi connectivity index (χ3v) is 3.33. The second-order valence-corrected chi connectivity index (χ2v) is 4.96.